The van der Waals surface area contributed by atoms with Crippen LogP contribution in [0.5, 0.6) is 5.75 Å². The van der Waals surface area contributed by atoms with Crippen LogP contribution in [-0.2, 0) is 21.2 Å². The zero-order valence-electron chi connectivity index (χ0n) is 21.2. The van der Waals surface area contributed by atoms with Crippen molar-refractivity contribution < 1.29 is 22.3 Å². The highest BCUT2D eigenvalue weighted by Crippen LogP contribution is 2.52. The first-order chi connectivity index (χ1) is 17.6. The zero-order valence-corrected chi connectivity index (χ0v) is 22.0. The van der Waals surface area contributed by atoms with Crippen molar-refractivity contribution in [3.8, 4) is 5.75 Å². The Bertz CT molecular complexity index is 1400. The van der Waals surface area contributed by atoms with E-state index in [1.54, 1.807) is 49.2 Å². The lowest BCUT2D eigenvalue weighted by Gasteiger charge is -2.35. The molecule has 0 spiro atoms. The first kappa shape index (κ1) is 25.4. The van der Waals surface area contributed by atoms with E-state index in [9.17, 15) is 17.6 Å². The molecule has 2 aromatic carbocycles. The SMILES string of the molecule is CCC(C(=O)N(Cc1ccccn1)C(c1cccc2c1S(=O)(=O)C(C)(C)O2)C1CC1)c1ccc(F)cc1. The highest BCUT2D eigenvalue weighted by Gasteiger charge is 2.51. The number of carbonyl (C=O) groups excluding carboxylic acids is 1. The molecule has 2 unspecified atom stereocenters. The van der Waals surface area contributed by atoms with E-state index in [0.717, 1.165) is 18.4 Å². The van der Waals surface area contributed by atoms with Gasteiger partial charge in [-0.2, -0.15) is 0 Å². The third-order valence-electron chi connectivity index (χ3n) is 7.32. The van der Waals surface area contributed by atoms with Gasteiger partial charge < -0.3 is 9.64 Å². The summed E-state index contributed by atoms with van der Waals surface area (Å²) in [6, 6.07) is 16.4. The minimum absolute atomic E-state index is 0.115. The average molecular weight is 523 g/mol. The maximum atomic E-state index is 14.3. The summed E-state index contributed by atoms with van der Waals surface area (Å²) in [6.45, 7) is 5.26. The lowest BCUT2D eigenvalue weighted by Crippen LogP contribution is -2.40. The average Bonchev–Trinajstić information content (AvgIpc) is 3.68. The first-order valence-electron chi connectivity index (χ1n) is 12.7. The largest absolute Gasteiger partial charge is 0.470 e. The van der Waals surface area contributed by atoms with E-state index < -0.39 is 26.7 Å². The van der Waals surface area contributed by atoms with E-state index in [4.69, 9.17) is 4.74 Å². The Hall–Kier alpha value is -3.26. The van der Waals surface area contributed by atoms with Crippen molar-refractivity contribution in [2.24, 2.45) is 5.92 Å². The molecule has 0 N–H and O–H groups in total. The molecule has 1 amide bonds. The Morgan fingerprint density at radius 1 is 1.11 bits per heavy atom. The van der Waals surface area contributed by atoms with Crippen molar-refractivity contribution in [2.75, 3.05) is 0 Å². The second-order valence-corrected chi connectivity index (χ2v) is 12.7. The third-order valence-corrected chi connectivity index (χ3v) is 9.68. The Kier molecular flexibility index (Phi) is 6.56. The summed E-state index contributed by atoms with van der Waals surface area (Å²) in [5.74, 6) is -0.566. The summed E-state index contributed by atoms with van der Waals surface area (Å²) in [5, 5.41) is 0. The van der Waals surface area contributed by atoms with Gasteiger partial charge >= 0.3 is 0 Å². The number of aromatic nitrogens is 1. The van der Waals surface area contributed by atoms with Crippen LogP contribution in [0.1, 0.15) is 68.8 Å². The number of fused-ring (bicyclic) bond motifs is 1. The number of hydrogen-bond donors (Lipinski definition) is 0. The molecule has 0 saturated heterocycles. The standard InChI is InChI=1S/C29H31FN2O4S/c1-4-23(19-13-15-21(30)16-14-19)28(33)32(18-22-8-5-6-17-31-22)26(20-11-12-20)24-9-7-10-25-27(24)37(34,35)29(2,3)36-25/h5-10,13-17,20,23,26H,4,11-12,18H2,1-3H3. The minimum atomic E-state index is -3.80. The fourth-order valence-electron chi connectivity index (χ4n) is 5.22. The number of carbonyl (C=O) groups is 1. The number of amides is 1. The van der Waals surface area contributed by atoms with Crippen molar-refractivity contribution in [2.45, 2.75) is 68.4 Å². The Morgan fingerprint density at radius 3 is 2.46 bits per heavy atom. The number of ether oxygens (including phenoxy) is 1. The van der Waals surface area contributed by atoms with E-state index in [1.807, 2.05) is 31.2 Å². The predicted molar refractivity (Wildman–Crippen MR) is 138 cm³/mol. The third kappa shape index (κ3) is 4.63. The van der Waals surface area contributed by atoms with Gasteiger partial charge in [-0.15, -0.1) is 0 Å². The molecule has 1 saturated carbocycles. The molecule has 3 aromatic rings. The van der Waals surface area contributed by atoms with Crippen LogP contribution in [0.3, 0.4) is 0 Å². The smallest absolute Gasteiger partial charge is 0.230 e. The van der Waals surface area contributed by atoms with E-state index in [1.165, 1.54) is 12.1 Å². The van der Waals surface area contributed by atoms with Gasteiger partial charge in [0.15, 0.2) is 0 Å². The van der Waals surface area contributed by atoms with Crippen LogP contribution in [0.2, 0.25) is 0 Å². The minimum Gasteiger partial charge on any atom is -0.470 e. The summed E-state index contributed by atoms with van der Waals surface area (Å²) in [6.07, 6.45) is 3.97. The molecule has 2 atom stereocenters. The maximum Gasteiger partial charge on any atom is 0.230 e. The highest BCUT2D eigenvalue weighted by atomic mass is 32.2. The topological polar surface area (TPSA) is 76.6 Å². The van der Waals surface area contributed by atoms with E-state index in [-0.39, 0.29) is 29.1 Å². The van der Waals surface area contributed by atoms with Crippen LogP contribution < -0.4 is 4.74 Å². The second kappa shape index (κ2) is 9.56. The fraction of sp³-hybridized carbons (Fsp3) is 0.379. The molecule has 0 bridgehead atoms. The number of rotatable bonds is 8. The fourth-order valence-corrected chi connectivity index (χ4v) is 6.78. The molecule has 1 aliphatic carbocycles. The van der Waals surface area contributed by atoms with E-state index in [2.05, 4.69) is 4.98 Å². The lowest BCUT2D eigenvalue weighted by atomic mass is 9.92. The molecule has 37 heavy (non-hydrogen) atoms. The van der Waals surface area contributed by atoms with Crippen molar-refractivity contribution in [1.82, 2.24) is 9.88 Å². The van der Waals surface area contributed by atoms with E-state index >= 15 is 0 Å². The number of nitrogens with zero attached hydrogens (tertiary/aromatic N) is 2. The normalized spacial score (nSPS) is 18.9. The zero-order chi connectivity index (χ0) is 26.4. The number of hydrogen-bond acceptors (Lipinski definition) is 5. The van der Waals surface area contributed by atoms with Crippen molar-refractivity contribution >= 4 is 15.7 Å². The van der Waals surface area contributed by atoms with Crippen LogP contribution in [0.25, 0.3) is 0 Å². The van der Waals surface area contributed by atoms with Gasteiger partial charge in [-0.25, -0.2) is 12.8 Å². The second-order valence-electron chi connectivity index (χ2n) is 10.3. The molecule has 0 radical (unpaired) electrons. The van der Waals surface area contributed by atoms with Crippen LogP contribution >= 0.6 is 0 Å². The Balaban J connectivity index is 1.64. The van der Waals surface area contributed by atoms with Gasteiger partial charge in [-0.3, -0.25) is 9.78 Å². The molecule has 2 aliphatic rings. The van der Waals surface area contributed by atoms with Gasteiger partial charge in [0.1, 0.15) is 16.5 Å². The molecule has 8 heteroatoms. The monoisotopic (exact) mass is 522 g/mol. The highest BCUT2D eigenvalue weighted by molar-refractivity contribution is 7.93. The number of sulfone groups is 1. The van der Waals surface area contributed by atoms with E-state index in [0.29, 0.717) is 23.4 Å². The van der Waals surface area contributed by atoms with Crippen LogP contribution in [0, 0.1) is 11.7 Å². The number of pyridine rings is 1. The molecule has 2 heterocycles. The predicted octanol–water partition coefficient (Wildman–Crippen LogP) is 5.80. The molecule has 5 rings (SSSR count). The van der Waals surface area contributed by atoms with Gasteiger partial charge in [0.2, 0.25) is 20.7 Å². The maximum absolute atomic E-state index is 14.3. The van der Waals surface area contributed by atoms with Crippen molar-refractivity contribution in [3.05, 3.63) is 89.5 Å². The van der Waals surface area contributed by atoms with Crippen LogP contribution in [0.4, 0.5) is 4.39 Å². The van der Waals surface area contributed by atoms with Crippen molar-refractivity contribution in [3.63, 3.8) is 0 Å². The van der Waals surface area contributed by atoms with Gasteiger partial charge in [-0.1, -0.05) is 37.3 Å². The lowest BCUT2D eigenvalue weighted by molar-refractivity contribution is -0.137. The molecule has 1 aliphatic heterocycles. The summed E-state index contributed by atoms with van der Waals surface area (Å²) < 4.78 is 46.7. The number of halogens is 1. The summed E-state index contributed by atoms with van der Waals surface area (Å²) in [4.78, 5) is 19.4. The summed E-state index contributed by atoms with van der Waals surface area (Å²) in [7, 11) is -3.80. The molecule has 1 aromatic heterocycles. The number of benzene rings is 2. The van der Waals surface area contributed by atoms with Crippen molar-refractivity contribution in [1.29, 1.82) is 0 Å². The summed E-state index contributed by atoms with van der Waals surface area (Å²) in [5.41, 5.74) is 2.02. The molecular weight excluding hydrogens is 491 g/mol. The van der Waals surface area contributed by atoms with Gasteiger partial charge in [-0.05, 0) is 80.5 Å². The van der Waals surface area contributed by atoms with Crippen LogP contribution in [-0.4, -0.2) is 29.1 Å². The van der Waals surface area contributed by atoms with Crippen LogP contribution in [0.15, 0.2) is 71.8 Å². The molecule has 1 fully saturated rings. The Morgan fingerprint density at radius 2 is 1.84 bits per heavy atom. The Labute approximate surface area is 217 Å². The molecule has 6 nitrogen and oxygen atoms in total. The van der Waals surface area contributed by atoms with Gasteiger partial charge in [0, 0.05) is 6.20 Å². The first-order valence-corrected chi connectivity index (χ1v) is 14.1. The van der Waals surface area contributed by atoms with Gasteiger partial charge in [0.25, 0.3) is 0 Å². The van der Waals surface area contributed by atoms with Gasteiger partial charge in [0.05, 0.1) is 24.2 Å². The molecule has 194 valence electrons. The quantitative estimate of drug-likeness (QED) is 0.374. The molecular formula is C29H31FN2O4S. The summed E-state index contributed by atoms with van der Waals surface area (Å²) >= 11 is 0.